The van der Waals surface area contributed by atoms with Gasteiger partial charge in [-0.25, -0.2) is 4.98 Å². The molecule has 0 spiro atoms. The van der Waals surface area contributed by atoms with Crippen LogP contribution < -0.4 is 5.32 Å². The molecule has 0 aliphatic rings. The molecule has 0 fully saturated rings. The highest BCUT2D eigenvalue weighted by Gasteiger charge is 2.15. The molecule has 0 bridgehead atoms. The van der Waals surface area contributed by atoms with Gasteiger partial charge in [0.05, 0.1) is 16.3 Å². The predicted octanol–water partition coefficient (Wildman–Crippen LogP) is 4.07. The van der Waals surface area contributed by atoms with Gasteiger partial charge in [-0.1, -0.05) is 52.1 Å². The van der Waals surface area contributed by atoms with Crippen molar-refractivity contribution in [3.63, 3.8) is 0 Å². The van der Waals surface area contributed by atoms with Gasteiger partial charge < -0.3 is 10.2 Å². The van der Waals surface area contributed by atoms with Gasteiger partial charge in [0.1, 0.15) is 17.2 Å². The van der Waals surface area contributed by atoms with Crippen LogP contribution in [0.25, 0.3) is 0 Å². The molecular formula is C21H21N5O2S2. The molecule has 0 atom stereocenters. The number of amides is 1. The topological polar surface area (TPSA) is 89.4 Å². The molecule has 2 heterocycles. The van der Waals surface area contributed by atoms with Crippen LogP contribution in [0.4, 0.5) is 5.82 Å². The van der Waals surface area contributed by atoms with Gasteiger partial charge in [-0.15, -0.1) is 23.4 Å². The zero-order valence-electron chi connectivity index (χ0n) is 16.4. The summed E-state index contributed by atoms with van der Waals surface area (Å²) in [5.74, 6) is 1.44. The van der Waals surface area contributed by atoms with E-state index in [4.69, 9.17) is 4.84 Å². The molecular weight excluding hydrogens is 418 g/mol. The number of nitrogens with zero attached hydrogens (tertiary/aromatic N) is 4. The van der Waals surface area contributed by atoms with E-state index < -0.39 is 0 Å². The highest BCUT2D eigenvalue weighted by molar-refractivity contribution is 8.00. The molecule has 0 unspecified atom stereocenters. The van der Waals surface area contributed by atoms with Gasteiger partial charge in [0.2, 0.25) is 5.91 Å². The van der Waals surface area contributed by atoms with Crippen molar-refractivity contribution in [3.05, 3.63) is 83.0 Å². The van der Waals surface area contributed by atoms with E-state index in [0.717, 1.165) is 16.2 Å². The molecule has 3 rings (SSSR count). The lowest BCUT2D eigenvalue weighted by Gasteiger charge is -2.07. The number of oxime groups is 1. The first-order valence-electron chi connectivity index (χ1n) is 9.16. The number of nitrogens with one attached hydrogen (secondary N) is 1. The smallest absolute Gasteiger partial charge is 0.235 e. The second kappa shape index (κ2) is 11.2. The molecule has 1 aromatic carbocycles. The largest absolute Gasteiger partial charge is 0.389 e. The summed E-state index contributed by atoms with van der Waals surface area (Å²) in [6, 6.07) is 15.1. The summed E-state index contributed by atoms with van der Waals surface area (Å²) in [5, 5.41) is 11.3. The monoisotopic (exact) mass is 439 g/mol. The number of aromatic nitrogens is 3. The fourth-order valence-electron chi connectivity index (χ4n) is 2.49. The van der Waals surface area contributed by atoms with Crippen LogP contribution in [-0.2, 0) is 16.2 Å². The van der Waals surface area contributed by atoms with E-state index in [1.165, 1.54) is 23.3 Å². The van der Waals surface area contributed by atoms with Gasteiger partial charge >= 0.3 is 0 Å². The number of carbonyl (C=O) groups is 1. The Morgan fingerprint density at radius 3 is 2.83 bits per heavy atom. The van der Waals surface area contributed by atoms with E-state index in [1.54, 1.807) is 12.1 Å². The second-order valence-electron chi connectivity index (χ2n) is 6.12. The fraction of sp³-hybridized carbons (Fsp3) is 0.190. The molecule has 7 nitrogen and oxygen atoms in total. The molecule has 154 valence electrons. The van der Waals surface area contributed by atoms with Gasteiger partial charge in [0, 0.05) is 11.3 Å². The number of pyridine rings is 1. The van der Waals surface area contributed by atoms with Crippen LogP contribution in [-0.4, -0.2) is 37.7 Å². The lowest BCUT2D eigenvalue weighted by atomic mass is 10.1. The molecule has 0 aliphatic heterocycles. The Morgan fingerprint density at radius 1 is 1.27 bits per heavy atom. The van der Waals surface area contributed by atoms with E-state index in [-0.39, 0.29) is 12.5 Å². The molecule has 1 amide bonds. The number of benzene rings is 1. The van der Waals surface area contributed by atoms with Crippen LogP contribution in [0.5, 0.6) is 0 Å². The fourth-order valence-corrected chi connectivity index (χ4v) is 3.50. The summed E-state index contributed by atoms with van der Waals surface area (Å²) in [6.45, 7) is 5.74. The molecule has 3 aromatic rings. The highest BCUT2D eigenvalue weighted by atomic mass is 32.2. The van der Waals surface area contributed by atoms with Crippen molar-refractivity contribution in [1.29, 1.82) is 0 Å². The summed E-state index contributed by atoms with van der Waals surface area (Å²) in [6.07, 6.45) is 1.77. The summed E-state index contributed by atoms with van der Waals surface area (Å²) >= 11 is 2.80. The van der Waals surface area contributed by atoms with Gasteiger partial charge in [-0.3, -0.25) is 4.79 Å². The third-order valence-electron chi connectivity index (χ3n) is 3.83. The Bertz CT molecular complexity index is 1020. The Kier molecular flexibility index (Phi) is 8.10. The van der Waals surface area contributed by atoms with E-state index in [2.05, 4.69) is 31.6 Å². The molecule has 0 saturated carbocycles. The molecule has 1 N–H and O–H groups in total. The number of rotatable bonds is 10. The van der Waals surface area contributed by atoms with Crippen LogP contribution in [0.3, 0.4) is 0 Å². The molecule has 9 heteroatoms. The van der Waals surface area contributed by atoms with E-state index in [9.17, 15) is 4.79 Å². The number of carbonyl (C=O) groups excluding carboxylic acids is 1. The SMILES string of the molecule is C=CCSCC(=O)Nc1cccc(CO/N=C(\c2ccccc2)c2nnsc2C)n1. The Morgan fingerprint density at radius 2 is 2.10 bits per heavy atom. The average Bonchev–Trinajstić information content (AvgIpc) is 3.18. The molecule has 0 saturated heterocycles. The minimum absolute atomic E-state index is 0.108. The normalized spacial score (nSPS) is 11.2. The average molecular weight is 440 g/mol. The van der Waals surface area contributed by atoms with E-state index >= 15 is 0 Å². The summed E-state index contributed by atoms with van der Waals surface area (Å²) in [4.78, 5) is 22.9. The highest BCUT2D eigenvalue weighted by Crippen LogP contribution is 2.16. The lowest BCUT2D eigenvalue weighted by Crippen LogP contribution is -2.15. The minimum Gasteiger partial charge on any atom is -0.389 e. The maximum atomic E-state index is 12.0. The van der Waals surface area contributed by atoms with Gasteiger partial charge in [0.15, 0.2) is 6.61 Å². The minimum atomic E-state index is -0.108. The summed E-state index contributed by atoms with van der Waals surface area (Å²) < 4.78 is 4.00. The van der Waals surface area contributed by atoms with Crippen LogP contribution in [0, 0.1) is 6.92 Å². The summed E-state index contributed by atoms with van der Waals surface area (Å²) in [5.41, 5.74) is 2.85. The van der Waals surface area contributed by atoms with Crippen LogP contribution in [0.1, 0.15) is 21.8 Å². The zero-order valence-corrected chi connectivity index (χ0v) is 18.1. The van der Waals surface area contributed by atoms with Crippen molar-refractivity contribution in [2.24, 2.45) is 5.16 Å². The summed E-state index contributed by atoms with van der Waals surface area (Å²) in [7, 11) is 0. The van der Waals surface area contributed by atoms with Crippen LogP contribution in [0.15, 0.2) is 66.3 Å². The van der Waals surface area contributed by atoms with E-state index in [1.807, 2.05) is 49.4 Å². The van der Waals surface area contributed by atoms with Gasteiger partial charge in [-0.2, -0.15) is 0 Å². The third-order valence-corrected chi connectivity index (χ3v) is 5.40. The first kappa shape index (κ1) is 21.7. The third kappa shape index (κ3) is 6.23. The van der Waals surface area contributed by atoms with Crippen molar-refractivity contribution >= 4 is 40.7 Å². The van der Waals surface area contributed by atoms with Gasteiger partial charge in [-0.05, 0) is 30.6 Å². The molecule has 0 radical (unpaired) electrons. The quantitative estimate of drug-likeness (QED) is 0.222. The Hall–Kier alpha value is -3.04. The first-order chi connectivity index (χ1) is 14.7. The van der Waals surface area contributed by atoms with Crippen LogP contribution >= 0.6 is 23.3 Å². The van der Waals surface area contributed by atoms with Crippen molar-refractivity contribution in [1.82, 2.24) is 14.6 Å². The van der Waals surface area contributed by atoms with Crippen molar-refractivity contribution in [2.75, 3.05) is 16.8 Å². The standard InChI is InChI=1S/C21H21N5O2S2/c1-3-12-29-14-19(27)23-18-11-7-10-17(22-18)13-28-25-21(16-8-5-4-6-9-16)20-15(2)30-26-24-20/h3-11H,1,12-14H2,2H3,(H,22,23,27)/b25-21+. The van der Waals surface area contributed by atoms with Gasteiger partial charge in [0.25, 0.3) is 0 Å². The zero-order chi connectivity index (χ0) is 21.2. The van der Waals surface area contributed by atoms with Crippen LogP contribution in [0.2, 0.25) is 0 Å². The number of hydrogen-bond acceptors (Lipinski definition) is 8. The maximum absolute atomic E-state index is 12.0. The number of thioether (sulfide) groups is 1. The Labute approximate surface area is 183 Å². The number of aryl methyl sites for hydroxylation is 1. The van der Waals surface area contributed by atoms with Crippen molar-refractivity contribution in [3.8, 4) is 0 Å². The predicted molar refractivity (Wildman–Crippen MR) is 122 cm³/mol. The second-order valence-corrected chi connectivity index (χ2v) is 8.11. The maximum Gasteiger partial charge on any atom is 0.235 e. The first-order valence-corrected chi connectivity index (χ1v) is 11.1. The van der Waals surface area contributed by atoms with Crippen molar-refractivity contribution in [2.45, 2.75) is 13.5 Å². The molecule has 0 aliphatic carbocycles. The number of anilines is 1. The number of hydrogen-bond donors (Lipinski definition) is 1. The molecule has 2 aromatic heterocycles. The Balaban J connectivity index is 1.67. The molecule has 30 heavy (non-hydrogen) atoms. The van der Waals surface area contributed by atoms with Crippen molar-refractivity contribution < 1.29 is 9.63 Å². The van der Waals surface area contributed by atoms with E-state index in [0.29, 0.717) is 28.7 Å². The lowest BCUT2D eigenvalue weighted by molar-refractivity contribution is -0.113.